The summed E-state index contributed by atoms with van der Waals surface area (Å²) in [6, 6.07) is 32.2. The number of fused-ring (bicyclic) bond motifs is 3. The molecule has 0 N–H and O–H groups in total. The monoisotopic (exact) mass is 471 g/mol. The zero-order chi connectivity index (χ0) is 23.0. The molecular weight excluding hydrogens is 450 g/mol. The lowest BCUT2D eigenvalue weighted by Crippen LogP contribution is -2.30. The first kappa shape index (κ1) is 21.5. The number of hydrogen-bond donors (Lipinski definition) is 0. The first-order valence-corrected chi connectivity index (χ1v) is 12.5. The highest BCUT2D eigenvalue weighted by Crippen LogP contribution is 2.38. The van der Waals surface area contributed by atoms with E-state index in [1.807, 2.05) is 97.9 Å². The van der Waals surface area contributed by atoms with Crippen molar-refractivity contribution in [2.75, 3.05) is 4.31 Å². The molecule has 164 valence electrons. The molecule has 0 fully saturated rings. The smallest absolute Gasteiger partial charge is 0.261 e. The average Bonchev–Trinajstić information content (AvgIpc) is 2.83. The number of sulfonamides is 1. The van der Waals surface area contributed by atoms with Crippen molar-refractivity contribution in [1.29, 1.82) is 0 Å². The summed E-state index contributed by atoms with van der Waals surface area (Å²) in [4.78, 5) is 0.257. The lowest BCUT2D eigenvalue weighted by atomic mass is 10.00. The van der Waals surface area contributed by atoms with Gasteiger partial charge in [-0.05, 0) is 59.0 Å². The number of aryl methyl sites for hydroxylation is 1. The van der Waals surface area contributed by atoms with Crippen molar-refractivity contribution >= 4 is 48.9 Å². The molecule has 5 rings (SSSR count). The Bertz CT molecular complexity index is 1560. The van der Waals surface area contributed by atoms with E-state index in [9.17, 15) is 8.42 Å². The van der Waals surface area contributed by atoms with Gasteiger partial charge in [0.2, 0.25) is 0 Å². The van der Waals surface area contributed by atoms with E-state index in [1.54, 1.807) is 12.1 Å². The molecule has 5 aromatic carbocycles. The maximum atomic E-state index is 14.0. The molecule has 0 radical (unpaired) electrons. The molecule has 0 spiro atoms. The molecule has 0 unspecified atom stereocenters. The van der Waals surface area contributed by atoms with Gasteiger partial charge in [0.1, 0.15) is 0 Å². The summed E-state index contributed by atoms with van der Waals surface area (Å²) < 4.78 is 29.5. The fraction of sp³-hybridized carbons (Fsp3) is 0.0714. The van der Waals surface area contributed by atoms with Gasteiger partial charge in [0, 0.05) is 10.4 Å². The molecular formula is C28H22ClNO2S. The molecule has 3 nitrogen and oxygen atoms in total. The molecule has 33 heavy (non-hydrogen) atoms. The van der Waals surface area contributed by atoms with Gasteiger partial charge in [0.15, 0.2) is 0 Å². The Balaban J connectivity index is 1.81. The van der Waals surface area contributed by atoms with Crippen LogP contribution in [0.4, 0.5) is 5.69 Å². The van der Waals surface area contributed by atoms with E-state index in [2.05, 4.69) is 0 Å². The minimum Gasteiger partial charge on any atom is -0.261 e. The summed E-state index contributed by atoms with van der Waals surface area (Å²) >= 11 is 6.39. The second-order valence-electron chi connectivity index (χ2n) is 8.12. The molecule has 0 aromatic heterocycles. The lowest BCUT2D eigenvalue weighted by molar-refractivity contribution is 0.590. The van der Waals surface area contributed by atoms with Crippen molar-refractivity contribution < 1.29 is 8.42 Å². The third kappa shape index (κ3) is 4.08. The summed E-state index contributed by atoms with van der Waals surface area (Å²) in [6.45, 7) is 2.15. The van der Waals surface area contributed by atoms with E-state index in [1.165, 1.54) is 4.31 Å². The number of rotatable bonds is 5. The first-order chi connectivity index (χ1) is 15.9. The molecule has 0 amide bonds. The average molecular weight is 472 g/mol. The fourth-order valence-corrected chi connectivity index (χ4v) is 5.78. The molecule has 0 bridgehead atoms. The van der Waals surface area contributed by atoms with Gasteiger partial charge in [-0.25, -0.2) is 8.42 Å². The summed E-state index contributed by atoms with van der Waals surface area (Å²) in [5, 5.41) is 4.35. The van der Waals surface area contributed by atoms with Gasteiger partial charge < -0.3 is 0 Å². The van der Waals surface area contributed by atoms with E-state index >= 15 is 0 Å². The van der Waals surface area contributed by atoms with Crippen LogP contribution in [0.1, 0.15) is 11.1 Å². The van der Waals surface area contributed by atoms with Gasteiger partial charge in [0.25, 0.3) is 10.0 Å². The molecule has 0 saturated carbocycles. The Morgan fingerprint density at radius 3 is 2.18 bits per heavy atom. The van der Waals surface area contributed by atoms with Crippen LogP contribution in [0.15, 0.2) is 108 Å². The molecule has 0 aliphatic heterocycles. The second kappa shape index (κ2) is 8.54. The van der Waals surface area contributed by atoms with Crippen molar-refractivity contribution in [3.63, 3.8) is 0 Å². The Hall–Kier alpha value is -3.34. The van der Waals surface area contributed by atoms with Crippen LogP contribution in [0.3, 0.4) is 0 Å². The number of nitrogens with zero attached hydrogens (tertiary/aromatic N) is 1. The molecule has 0 aliphatic rings. The van der Waals surface area contributed by atoms with E-state index in [4.69, 9.17) is 11.6 Å². The minimum absolute atomic E-state index is 0.205. The van der Waals surface area contributed by atoms with Crippen molar-refractivity contribution in [2.45, 2.75) is 18.4 Å². The highest BCUT2D eigenvalue weighted by molar-refractivity contribution is 7.92. The van der Waals surface area contributed by atoms with E-state index in [0.717, 1.165) is 32.7 Å². The summed E-state index contributed by atoms with van der Waals surface area (Å²) in [5.74, 6) is 0. The number of hydrogen-bond acceptors (Lipinski definition) is 2. The topological polar surface area (TPSA) is 37.4 Å². The van der Waals surface area contributed by atoms with Crippen LogP contribution >= 0.6 is 11.6 Å². The summed E-state index contributed by atoms with van der Waals surface area (Å²) in [5.41, 5.74) is 2.51. The van der Waals surface area contributed by atoms with Crippen LogP contribution in [-0.4, -0.2) is 8.42 Å². The third-order valence-corrected chi connectivity index (χ3v) is 7.86. The van der Waals surface area contributed by atoms with Gasteiger partial charge in [0.05, 0.1) is 17.1 Å². The van der Waals surface area contributed by atoms with Gasteiger partial charge in [-0.2, -0.15) is 0 Å². The van der Waals surface area contributed by atoms with Crippen molar-refractivity contribution in [3.05, 3.63) is 119 Å². The molecule has 5 aromatic rings. The number of benzene rings is 5. The highest BCUT2D eigenvalue weighted by Gasteiger charge is 2.27. The highest BCUT2D eigenvalue weighted by atomic mass is 35.5. The predicted octanol–water partition coefficient (Wildman–Crippen LogP) is 7.35. The fourth-order valence-electron chi connectivity index (χ4n) is 4.15. The van der Waals surface area contributed by atoms with Crippen LogP contribution in [-0.2, 0) is 16.6 Å². The van der Waals surface area contributed by atoms with Crippen LogP contribution in [0.5, 0.6) is 0 Å². The molecule has 0 atom stereocenters. The zero-order valence-electron chi connectivity index (χ0n) is 18.1. The molecule has 0 aliphatic carbocycles. The maximum absolute atomic E-state index is 14.0. The molecule has 0 saturated heterocycles. The van der Waals surface area contributed by atoms with Crippen LogP contribution in [0, 0.1) is 6.92 Å². The van der Waals surface area contributed by atoms with Crippen LogP contribution in [0.25, 0.3) is 21.5 Å². The second-order valence-corrected chi connectivity index (χ2v) is 10.4. The molecule has 5 heteroatoms. The van der Waals surface area contributed by atoms with Gasteiger partial charge in [-0.3, -0.25) is 4.31 Å². The Kier molecular flexibility index (Phi) is 5.57. The third-order valence-electron chi connectivity index (χ3n) is 5.85. The molecule has 0 heterocycles. The number of halogens is 1. The van der Waals surface area contributed by atoms with Crippen molar-refractivity contribution in [2.24, 2.45) is 0 Å². The van der Waals surface area contributed by atoms with E-state index < -0.39 is 10.0 Å². The Morgan fingerprint density at radius 1 is 0.727 bits per heavy atom. The number of anilines is 1. The SMILES string of the molecule is Cc1ccc(S(=O)(=O)N(Cc2ccccc2)c2cc3ccccc3c3ccc(Cl)cc23)cc1. The first-order valence-electron chi connectivity index (χ1n) is 10.7. The maximum Gasteiger partial charge on any atom is 0.264 e. The van der Waals surface area contributed by atoms with E-state index in [-0.39, 0.29) is 11.4 Å². The van der Waals surface area contributed by atoms with Gasteiger partial charge in [-0.15, -0.1) is 0 Å². The van der Waals surface area contributed by atoms with Crippen molar-refractivity contribution in [1.82, 2.24) is 0 Å². The quantitative estimate of drug-likeness (QED) is 0.251. The van der Waals surface area contributed by atoms with Crippen LogP contribution in [0.2, 0.25) is 5.02 Å². The van der Waals surface area contributed by atoms with Gasteiger partial charge in [-0.1, -0.05) is 90.0 Å². The largest absolute Gasteiger partial charge is 0.264 e. The van der Waals surface area contributed by atoms with E-state index in [0.29, 0.717) is 10.7 Å². The zero-order valence-corrected chi connectivity index (χ0v) is 19.6. The Morgan fingerprint density at radius 2 is 1.42 bits per heavy atom. The van der Waals surface area contributed by atoms with Crippen molar-refractivity contribution in [3.8, 4) is 0 Å². The Labute approximate surface area is 198 Å². The minimum atomic E-state index is -3.85. The van der Waals surface area contributed by atoms with Gasteiger partial charge >= 0.3 is 0 Å². The normalized spacial score (nSPS) is 11.7. The summed E-state index contributed by atoms with van der Waals surface area (Å²) in [7, 11) is -3.85. The lowest BCUT2D eigenvalue weighted by Gasteiger charge is -2.27. The standard InChI is InChI=1S/C28H22ClNO2S/c1-20-11-14-24(15-12-20)33(31,32)30(19-21-7-3-2-4-8-21)28-17-22-9-5-6-10-25(22)26-16-13-23(29)18-27(26)28/h2-18H,19H2,1H3. The summed E-state index contributed by atoms with van der Waals surface area (Å²) in [6.07, 6.45) is 0. The van der Waals surface area contributed by atoms with Crippen LogP contribution < -0.4 is 4.31 Å². The predicted molar refractivity (Wildman–Crippen MR) is 137 cm³/mol.